The van der Waals surface area contributed by atoms with Crippen molar-refractivity contribution in [1.29, 1.82) is 0 Å². The standard InChI is InChI=1S/C27H27N3O3S/c1-32-22-14-13-19(17-23(22)33-2)15-16-28-24(31)18-34-27-29-25(20-9-5-3-6-10-20)26(30-27)21-11-7-4-8-12-21/h3-14,17H,15-16,18H2,1-2H3,(H,28,31)(H,29,30). The molecular formula is C27H27N3O3S. The zero-order valence-corrected chi connectivity index (χ0v) is 20.0. The van der Waals surface area contributed by atoms with Gasteiger partial charge in [0.2, 0.25) is 5.91 Å². The first-order valence-corrected chi connectivity index (χ1v) is 12.0. The van der Waals surface area contributed by atoms with E-state index in [1.54, 1.807) is 14.2 Å². The monoisotopic (exact) mass is 473 g/mol. The number of carbonyl (C=O) groups is 1. The van der Waals surface area contributed by atoms with Crippen LogP contribution in [0, 0.1) is 0 Å². The summed E-state index contributed by atoms with van der Waals surface area (Å²) in [4.78, 5) is 20.6. The Kier molecular flexibility index (Phi) is 7.88. The lowest BCUT2D eigenvalue weighted by molar-refractivity contribution is -0.118. The third-order valence-corrected chi connectivity index (χ3v) is 6.19. The van der Waals surface area contributed by atoms with Crippen molar-refractivity contribution in [1.82, 2.24) is 15.3 Å². The fourth-order valence-electron chi connectivity index (χ4n) is 3.61. The number of benzene rings is 3. The second kappa shape index (κ2) is 11.4. The lowest BCUT2D eigenvalue weighted by Crippen LogP contribution is -2.27. The van der Waals surface area contributed by atoms with E-state index >= 15 is 0 Å². The Balaban J connectivity index is 1.37. The van der Waals surface area contributed by atoms with Crippen molar-refractivity contribution in [2.75, 3.05) is 26.5 Å². The fourth-order valence-corrected chi connectivity index (χ4v) is 4.31. The van der Waals surface area contributed by atoms with Crippen LogP contribution in [-0.2, 0) is 11.2 Å². The molecule has 0 aliphatic carbocycles. The Bertz CT molecular complexity index is 1170. The Morgan fingerprint density at radius 3 is 2.26 bits per heavy atom. The van der Waals surface area contributed by atoms with Gasteiger partial charge in [0, 0.05) is 17.7 Å². The van der Waals surface area contributed by atoms with Gasteiger partial charge in [-0.15, -0.1) is 0 Å². The van der Waals surface area contributed by atoms with Crippen LogP contribution < -0.4 is 14.8 Å². The molecule has 6 nitrogen and oxygen atoms in total. The summed E-state index contributed by atoms with van der Waals surface area (Å²) in [5, 5.41) is 3.69. The average molecular weight is 474 g/mol. The summed E-state index contributed by atoms with van der Waals surface area (Å²) >= 11 is 1.39. The number of hydrogen-bond acceptors (Lipinski definition) is 5. The maximum atomic E-state index is 12.4. The summed E-state index contributed by atoms with van der Waals surface area (Å²) in [6, 6.07) is 25.9. The van der Waals surface area contributed by atoms with Crippen molar-refractivity contribution < 1.29 is 14.3 Å². The molecule has 0 saturated heterocycles. The molecule has 0 aliphatic rings. The minimum atomic E-state index is -0.0376. The molecule has 0 saturated carbocycles. The number of methoxy groups -OCH3 is 2. The second-order valence-corrected chi connectivity index (χ2v) is 8.54. The van der Waals surface area contributed by atoms with Crippen LogP contribution in [0.4, 0.5) is 0 Å². The number of hydrogen-bond donors (Lipinski definition) is 2. The van der Waals surface area contributed by atoms with Gasteiger partial charge in [-0.25, -0.2) is 4.98 Å². The van der Waals surface area contributed by atoms with Crippen molar-refractivity contribution in [2.45, 2.75) is 11.6 Å². The summed E-state index contributed by atoms with van der Waals surface area (Å²) < 4.78 is 10.6. The van der Waals surface area contributed by atoms with Gasteiger partial charge in [-0.3, -0.25) is 4.79 Å². The predicted molar refractivity (Wildman–Crippen MR) is 136 cm³/mol. The summed E-state index contributed by atoms with van der Waals surface area (Å²) in [5.41, 5.74) is 4.98. The average Bonchev–Trinajstić information content (AvgIpc) is 3.33. The molecule has 1 amide bonds. The number of aromatic amines is 1. The number of imidazole rings is 1. The fraction of sp³-hybridized carbons (Fsp3) is 0.185. The molecular weight excluding hydrogens is 446 g/mol. The Morgan fingerprint density at radius 1 is 0.912 bits per heavy atom. The van der Waals surface area contributed by atoms with Crippen LogP contribution >= 0.6 is 11.8 Å². The molecule has 1 aromatic heterocycles. The molecule has 2 N–H and O–H groups in total. The van der Waals surface area contributed by atoms with Crippen LogP contribution in [-0.4, -0.2) is 42.4 Å². The van der Waals surface area contributed by atoms with Gasteiger partial charge in [0.25, 0.3) is 0 Å². The third-order valence-electron chi connectivity index (χ3n) is 5.32. The number of amides is 1. The number of aromatic nitrogens is 2. The minimum Gasteiger partial charge on any atom is -0.493 e. The molecule has 7 heteroatoms. The van der Waals surface area contributed by atoms with Gasteiger partial charge in [0.15, 0.2) is 16.7 Å². The number of carbonyl (C=O) groups excluding carboxylic acids is 1. The summed E-state index contributed by atoms with van der Waals surface area (Å²) in [6.07, 6.45) is 0.702. The van der Waals surface area contributed by atoms with Crippen molar-refractivity contribution >= 4 is 17.7 Å². The van der Waals surface area contributed by atoms with Gasteiger partial charge < -0.3 is 19.8 Å². The van der Waals surface area contributed by atoms with E-state index in [1.165, 1.54) is 11.8 Å². The lowest BCUT2D eigenvalue weighted by atomic mass is 10.1. The number of H-pyrrole nitrogens is 1. The molecule has 3 aromatic carbocycles. The summed E-state index contributed by atoms with van der Waals surface area (Å²) in [5.74, 6) is 1.62. The van der Waals surface area contributed by atoms with Crippen LogP contribution in [0.2, 0.25) is 0 Å². The van der Waals surface area contributed by atoms with Gasteiger partial charge in [-0.2, -0.15) is 0 Å². The smallest absolute Gasteiger partial charge is 0.230 e. The number of nitrogens with one attached hydrogen (secondary N) is 2. The van der Waals surface area contributed by atoms with Gasteiger partial charge in [0.05, 0.1) is 31.4 Å². The van der Waals surface area contributed by atoms with E-state index in [1.807, 2.05) is 66.7 Å². The zero-order valence-electron chi connectivity index (χ0n) is 19.2. The topological polar surface area (TPSA) is 76.2 Å². The number of thioether (sulfide) groups is 1. The highest BCUT2D eigenvalue weighted by Gasteiger charge is 2.15. The van der Waals surface area contributed by atoms with Crippen molar-refractivity contribution in [3.05, 3.63) is 84.4 Å². The molecule has 1 heterocycles. The molecule has 174 valence electrons. The first-order chi connectivity index (χ1) is 16.7. The zero-order chi connectivity index (χ0) is 23.8. The molecule has 0 fully saturated rings. The van der Waals surface area contributed by atoms with E-state index < -0.39 is 0 Å². The Morgan fingerprint density at radius 2 is 1.59 bits per heavy atom. The molecule has 34 heavy (non-hydrogen) atoms. The molecule has 4 aromatic rings. The van der Waals surface area contributed by atoms with Gasteiger partial charge in [-0.05, 0) is 24.1 Å². The highest BCUT2D eigenvalue weighted by Crippen LogP contribution is 2.32. The quantitative estimate of drug-likeness (QED) is 0.309. The van der Waals surface area contributed by atoms with Gasteiger partial charge >= 0.3 is 0 Å². The number of ether oxygens (including phenoxy) is 2. The SMILES string of the molecule is COc1ccc(CCNC(=O)CSc2nc(-c3ccccc3)c(-c3ccccc3)[nH]2)cc1OC. The summed E-state index contributed by atoms with van der Waals surface area (Å²) in [7, 11) is 3.22. The lowest BCUT2D eigenvalue weighted by Gasteiger charge is -2.10. The van der Waals surface area contributed by atoms with Crippen LogP contribution in [0.15, 0.2) is 84.0 Å². The van der Waals surface area contributed by atoms with E-state index in [2.05, 4.69) is 22.4 Å². The second-order valence-electron chi connectivity index (χ2n) is 7.58. The molecule has 0 unspecified atom stereocenters. The van der Waals surface area contributed by atoms with Crippen molar-refractivity contribution in [3.8, 4) is 34.0 Å². The molecule has 4 rings (SSSR count). The normalized spacial score (nSPS) is 10.6. The van der Waals surface area contributed by atoms with Crippen LogP contribution in [0.3, 0.4) is 0 Å². The largest absolute Gasteiger partial charge is 0.493 e. The van der Waals surface area contributed by atoms with E-state index in [4.69, 9.17) is 14.5 Å². The third kappa shape index (κ3) is 5.80. The van der Waals surface area contributed by atoms with Crippen molar-refractivity contribution in [3.63, 3.8) is 0 Å². The van der Waals surface area contributed by atoms with Crippen LogP contribution in [0.1, 0.15) is 5.56 Å². The highest BCUT2D eigenvalue weighted by molar-refractivity contribution is 7.99. The molecule has 0 aliphatic heterocycles. The van der Waals surface area contributed by atoms with E-state index in [-0.39, 0.29) is 11.7 Å². The van der Waals surface area contributed by atoms with Gasteiger partial charge in [0.1, 0.15) is 0 Å². The van der Waals surface area contributed by atoms with Crippen molar-refractivity contribution in [2.24, 2.45) is 0 Å². The van der Waals surface area contributed by atoms with E-state index in [0.29, 0.717) is 29.6 Å². The Labute approximate surface area is 203 Å². The first kappa shape index (κ1) is 23.4. The Hall–Kier alpha value is -3.71. The minimum absolute atomic E-state index is 0.0376. The van der Waals surface area contributed by atoms with E-state index in [0.717, 1.165) is 28.1 Å². The molecule has 0 radical (unpaired) electrons. The molecule has 0 bridgehead atoms. The first-order valence-electron chi connectivity index (χ1n) is 11.0. The highest BCUT2D eigenvalue weighted by atomic mass is 32.2. The van der Waals surface area contributed by atoms with E-state index in [9.17, 15) is 4.79 Å². The number of rotatable bonds is 10. The van der Waals surface area contributed by atoms with Crippen LogP contribution in [0.25, 0.3) is 22.5 Å². The maximum Gasteiger partial charge on any atom is 0.230 e. The van der Waals surface area contributed by atoms with Gasteiger partial charge in [-0.1, -0.05) is 78.5 Å². The van der Waals surface area contributed by atoms with Crippen LogP contribution in [0.5, 0.6) is 11.5 Å². The number of nitrogens with zero attached hydrogens (tertiary/aromatic N) is 1. The summed E-state index contributed by atoms with van der Waals surface area (Å²) in [6.45, 7) is 0.539. The molecule has 0 spiro atoms. The predicted octanol–water partition coefficient (Wildman–Crippen LogP) is 5.21. The maximum absolute atomic E-state index is 12.4. The molecule has 0 atom stereocenters.